The van der Waals surface area contributed by atoms with Gasteiger partial charge in [-0.3, -0.25) is 19.0 Å². The third-order valence-electron chi connectivity index (χ3n) is 5.31. The molecule has 10 heteroatoms. The Morgan fingerprint density at radius 1 is 1.06 bits per heavy atom. The van der Waals surface area contributed by atoms with Crippen molar-refractivity contribution < 1.29 is 33.7 Å². The summed E-state index contributed by atoms with van der Waals surface area (Å²) in [6.07, 6.45) is 0.978. The standard InChI is InChI=1S/C23H18FNO7S/c1-31-13-5-3-4-11(8-13)12-6-7-15(14(24)9-12)25-10-16(26)17-18(21(25)27)19(22(28)29)33-20(17)23(30)32-2/h3-10,19-20,26H,1-2H3,(H,28,29). The first-order chi connectivity index (χ1) is 15.8. The van der Waals surface area contributed by atoms with E-state index in [1.165, 1.54) is 19.2 Å². The predicted molar refractivity (Wildman–Crippen MR) is 118 cm³/mol. The van der Waals surface area contributed by atoms with Crippen LogP contribution in [0.3, 0.4) is 0 Å². The number of nitrogens with zero attached hydrogens (tertiary/aromatic N) is 1. The summed E-state index contributed by atoms with van der Waals surface area (Å²) in [6, 6.07) is 11.2. The smallest absolute Gasteiger partial charge is 0.323 e. The zero-order valence-electron chi connectivity index (χ0n) is 17.4. The summed E-state index contributed by atoms with van der Waals surface area (Å²) in [5.41, 5.74) is -0.235. The van der Waals surface area contributed by atoms with Gasteiger partial charge in [0.1, 0.15) is 27.8 Å². The van der Waals surface area contributed by atoms with E-state index >= 15 is 4.39 Å². The van der Waals surface area contributed by atoms with Crippen LogP contribution in [0.25, 0.3) is 16.8 Å². The third kappa shape index (κ3) is 3.82. The van der Waals surface area contributed by atoms with Crippen molar-refractivity contribution in [2.75, 3.05) is 14.2 Å². The van der Waals surface area contributed by atoms with E-state index in [9.17, 15) is 24.6 Å². The number of carbonyl (C=O) groups excluding carboxylic acids is 1. The number of hydrogen-bond donors (Lipinski definition) is 2. The summed E-state index contributed by atoms with van der Waals surface area (Å²) in [5, 5.41) is 17.6. The molecule has 4 rings (SSSR count). The van der Waals surface area contributed by atoms with E-state index in [0.29, 0.717) is 28.6 Å². The molecule has 2 atom stereocenters. The molecule has 170 valence electrons. The highest BCUT2D eigenvalue weighted by molar-refractivity contribution is 8.01. The van der Waals surface area contributed by atoms with E-state index in [0.717, 1.165) is 17.9 Å². The lowest BCUT2D eigenvalue weighted by atomic mass is 10.0. The van der Waals surface area contributed by atoms with Crippen molar-refractivity contribution in [2.45, 2.75) is 10.5 Å². The number of carboxylic acid groups (broad SMARTS) is 1. The van der Waals surface area contributed by atoms with Gasteiger partial charge in [0.25, 0.3) is 5.56 Å². The normalized spacial score (nSPS) is 16.8. The lowest BCUT2D eigenvalue weighted by Crippen LogP contribution is -2.26. The first-order valence-corrected chi connectivity index (χ1v) is 10.6. The fourth-order valence-corrected chi connectivity index (χ4v) is 5.10. The zero-order valence-corrected chi connectivity index (χ0v) is 18.3. The van der Waals surface area contributed by atoms with Gasteiger partial charge < -0.3 is 19.7 Å². The van der Waals surface area contributed by atoms with E-state index in [-0.39, 0.29) is 16.8 Å². The van der Waals surface area contributed by atoms with Crippen molar-refractivity contribution >= 4 is 23.7 Å². The van der Waals surface area contributed by atoms with Gasteiger partial charge in [0, 0.05) is 5.56 Å². The number of methoxy groups -OCH3 is 2. The predicted octanol–water partition coefficient (Wildman–Crippen LogP) is 3.44. The van der Waals surface area contributed by atoms with Gasteiger partial charge in [-0.1, -0.05) is 18.2 Å². The van der Waals surface area contributed by atoms with Crippen molar-refractivity contribution in [2.24, 2.45) is 0 Å². The summed E-state index contributed by atoms with van der Waals surface area (Å²) in [4.78, 5) is 37.1. The van der Waals surface area contributed by atoms with Crippen LogP contribution in [0.5, 0.6) is 11.5 Å². The van der Waals surface area contributed by atoms with Crippen LogP contribution in [0, 0.1) is 5.82 Å². The molecule has 2 aromatic carbocycles. The maximum absolute atomic E-state index is 15.1. The summed E-state index contributed by atoms with van der Waals surface area (Å²) in [6.45, 7) is 0. The number of carboxylic acids is 1. The molecule has 0 bridgehead atoms. The number of rotatable bonds is 5. The molecule has 3 aromatic rings. The quantitative estimate of drug-likeness (QED) is 0.544. The number of carbonyl (C=O) groups is 2. The van der Waals surface area contributed by atoms with Crippen molar-refractivity contribution in [3.63, 3.8) is 0 Å². The van der Waals surface area contributed by atoms with Crippen LogP contribution < -0.4 is 10.3 Å². The molecule has 0 saturated heterocycles. The van der Waals surface area contributed by atoms with E-state index < -0.39 is 39.6 Å². The second-order valence-corrected chi connectivity index (χ2v) is 8.39. The lowest BCUT2D eigenvalue weighted by molar-refractivity contribution is -0.140. The van der Waals surface area contributed by atoms with Crippen molar-refractivity contribution in [1.82, 2.24) is 4.57 Å². The molecule has 0 amide bonds. The zero-order chi connectivity index (χ0) is 23.9. The Balaban J connectivity index is 1.85. The van der Waals surface area contributed by atoms with Crippen LogP contribution in [0.1, 0.15) is 21.6 Å². The van der Waals surface area contributed by atoms with Crippen molar-refractivity contribution in [1.29, 1.82) is 0 Å². The minimum Gasteiger partial charge on any atom is -0.506 e. The Kier molecular flexibility index (Phi) is 5.86. The highest BCUT2D eigenvalue weighted by Gasteiger charge is 2.45. The number of esters is 1. The Bertz CT molecular complexity index is 1340. The van der Waals surface area contributed by atoms with Crippen molar-refractivity contribution in [3.8, 4) is 28.3 Å². The number of aromatic nitrogens is 1. The Morgan fingerprint density at radius 2 is 1.79 bits per heavy atom. The SMILES string of the molecule is COC(=O)C1SC(C(=O)O)c2c1c(O)cn(-c1ccc(-c3cccc(OC)c3)cc1F)c2=O. The van der Waals surface area contributed by atoms with Crippen LogP contribution in [-0.2, 0) is 14.3 Å². The number of hydrogen-bond acceptors (Lipinski definition) is 7. The molecule has 0 spiro atoms. The Morgan fingerprint density at radius 3 is 2.42 bits per heavy atom. The molecular formula is C23H18FNO7S. The monoisotopic (exact) mass is 471 g/mol. The summed E-state index contributed by atoms with van der Waals surface area (Å²) >= 11 is 0.667. The molecule has 8 nitrogen and oxygen atoms in total. The highest BCUT2D eigenvalue weighted by Crippen LogP contribution is 2.52. The average molecular weight is 471 g/mol. The Labute approximate surface area is 191 Å². The van der Waals surface area contributed by atoms with Crippen LogP contribution >= 0.6 is 11.8 Å². The number of aromatic hydroxyl groups is 1. The minimum absolute atomic E-state index is 0.131. The number of pyridine rings is 1. The fraction of sp³-hybridized carbons (Fsp3) is 0.174. The van der Waals surface area contributed by atoms with Gasteiger partial charge in [-0.05, 0) is 35.4 Å². The number of thioether (sulfide) groups is 1. The molecule has 1 aliphatic heterocycles. The van der Waals surface area contributed by atoms with Crippen molar-refractivity contribution in [3.05, 3.63) is 76.0 Å². The van der Waals surface area contributed by atoms with Gasteiger partial charge in [0.15, 0.2) is 0 Å². The first kappa shape index (κ1) is 22.4. The van der Waals surface area contributed by atoms with E-state index in [4.69, 9.17) is 4.74 Å². The van der Waals surface area contributed by atoms with Gasteiger partial charge >= 0.3 is 11.9 Å². The summed E-state index contributed by atoms with van der Waals surface area (Å²) in [5.74, 6) is -2.84. The largest absolute Gasteiger partial charge is 0.506 e. The second-order valence-electron chi connectivity index (χ2n) is 7.17. The minimum atomic E-state index is -1.42. The topological polar surface area (TPSA) is 115 Å². The molecule has 0 fully saturated rings. The third-order valence-corrected chi connectivity index (χ3v) is 6.72. The summed E-state index contributed by atoms with van der Waals surface area (Å²) in [7, 11) is 2.64. The molecule has 0 radical (unpaired) electrons. The molecule has 0 saturated carbocycles. The maximum Gasteiger partial charge on any atom is 0.323 e. The highest BCUT2D eigenvalue weighted by atomic mass is 32.2. The number of aliphatic carboxylic acids is 1. The number of halogens is 1. The van der Waals surface area contributed by atoms with Gasteiger partial charge in [0.05, 0.1) is 31.7 Å². The molecule has 2 unspecified atom stereocenters. The van der Waals surface area contributed by atoms with E-state index in [1.54, 1.807) is 30.3 Å². The number of benzene rings is 2. The van der Waals surface area contributed by atoms with Gasteiger partial charge in [-0.25, -0.2) is 4.39 Å². The molecule has 2 heterocycles. The molecule has 0 aliphatic carbocycles. The van der Waals surface area contributed by atoms with Crippen LogP contribution in [0.2, 0.25) is 0 Å². The van der Waals surface area contributed by atoms with Crippen LogP contribution in [0.4, 0.5) is 4.39 Å². The molecular weight excluding hydrogens is 453 g/mol. The van der Waals surface area contributed by atoms with Gasteiger partial charge in [0.2, 0.25) is 0 Å². The van der Waals surface area contributed by atoms with E-state index in [2.05, 4.69) is 4.74 Å². The molecule has 33 heavy (non-hydrogen) atoms. The lowest BCUT2D eigenvalue weighted by Gasteiger charge is -2.14. The average Bonchev–Trinajstić information content (AvgIpc) is 3.23. The molecule has 2 N–H and O–H groups in total. The molecule has 1 aromatic heterocycles. The fourth-order valence-electron chi connectivity index (χ4n) is 3.76. The molecule has 1 aliphatic rings. The van der Waals surface area contributed by atoms with Gasteiger partial charge in [-0.2, -0.15) is 0 Å². The number of fused-ring (bicyclic) bond motifs is 1. The van der Waals surface area contributed by atoms with Gasteiger partial charge in [-0.15, -0.1) is 11.8 Å². The first-order valence-electron chi connectivity index (χ1n) is 9.65. The van der Waals surface area contributed by atoms with Crippen LogP contribution in [-0.4, -0.2) is 40.9 Å². The maximum atomic E-state index is 15.1. The number of ether oxygens (including phenoxy) is 2. The van der Waals surface area contributed by atoms with Crippen LogP contribution in [0.15, 0.2) is 53.5 Å². The summed E-state index contributed by atoms with van der Waals surface area (Å²) < 4.78 is 25.8. The Hall–Kier alpha value is -3.79. The van der Waals surface area contributed by atoms with E-state index in [1.807, 2.05) is 0 Å². The second kappa shape index (κ2) is 8.62.